The van der Waals surface area contributed by atoms with Crippen molar-refractivity contribution in [3.05, 3.63) is 53.6 Å². The molecule has 1 atom stereocenters. The summed E-state index contributed by atoms with van der Waals surface area (Å²) in [5.74, 6) is -0.586. The van der Waals surface area contributed by atoms with Crippen LogP contribution in [0.2, 0.25) is 0 Å². The zero-order valence-electron chi connectivity index (χ0n) is 14.3. The number of hydrogen-bond donors (Lipinski definition) is 2. The third kappa shape index (κ3) is 3.35. The Balaban J connectivity index is 1.73. The molecule has 1 heterocycles. The van der Waals surface area contributed by atoms with Crippen molar-refractivity contribution in [3.63, 3.8) is 0 Å². The van der Waals surface area contributed by atoms with Crippen molar-refractivity contribution >= 4 is 28.5 Å². The van der Waals surface area contributed by atoms with E-state index in [1.54, 1.807) is 42.9 Å². The summed E-state index contributed by atoms with van der Waals surface area (Å²) in [6.45, 7) is 3.50. The Morgan fingerprint density at radius 3 is 2.64 bits per heavy atom. The summed E-state index contributed by atoms with van der Waals surface area (Å²) in [5, 5.41) is 13.5. The molecule has 128 valence electrons. The number of para-hydroxylation sites is 1. The van der Waals surface area contributed by atoms with Crippen LogP contribution in [0.5, 0.6) is 0 Å². The number of rotatable bonds is 4. The Bertz CT molecular complexity index is 948. The molecule has 0 aliphatic carbocycles. The predicted molar refractivity (Wildman–Crippen MR) is 95.2 cm³/mol. The molecule has 25 heavy (non-hydrogen) atoms. The molecule has 3 aromatic rings. The van der Waals surface area contributed by atoms with Gasteiger partial charge in [-0.15, -0.1) is 5.10 Å². The van der Waals surface area contributed by atoms with Gasteiger partial charge in [0.25, 0.3) is 5.91 Å². The normalized spacial score (nSPS) is 12.0. The smallest absolute Gasteiger partial charge is 0.252 e. The lowest BCUT2D eigenvalue weighted by molar-refractivity contribution is -0.117. The highest BCUT2D eigenvalue weighted by Gasteiger charge is 2.19. The molecule has 0 spiro atoms. The van der Waals surface area contributed by atoms with Crippen molar-refractivity contribution in [1.82, 2.24) is 20.3 Å². The highest BCUT2D eigenvalue weighted by molar-refractivity contribution is 6.04. The van der Waals surface area contributed by atoms with Gasteiger partial charge in [0.1, 0.15) is 17.1 Å². The quantitative estimate of drug-likeness (QED) is 0.762. The molecule has 0 aliphatic rings. The van der Waals surface area contributed by atoms with E-state index in [1.807, 2.05) is 25.1 Å². The molecule has 0 radical (unpaired) electrons. The van der Waals surface area contributed by atoms with Crippen LogP contribution in [-0.4, -0.2) is 32.9 Å². The Labute approximate surface area is 145 Å². The molecule has 3 rings (SSSR count). The van der Waals surface area contributed by atoms with E-state index in [9.17, 15) is 9.59 Å². The number of amides is 2. The molecule has 7 heteroatoms. The van der Waals surface area contributed by atoms with Crippen molar-refractivity contribution in [2.75, 3.05) is 5.32 Å². The van der Waals surface area contributed by atoms with E-state index < -0.39 is 6.04 Å². The molecule has 0 fully saturated rings. The number of carbonyl (C=O) groups excluding carboxylic acids is 2. The van der Waals surface area contributed by atoms with E-state index in [-0.39, 0.29) is 11.8 Å². The minimum absolute atomic E-state index is 0.277. The first-order chi connectivity index (χ1) is 12.0. The highest BCUT2D eigenvalue weighted by atomic mass is 16.2. The van der Waals surface area contributed by atoms with Crippen molar-refractivity contribution in [1.29, 1.82) is 0 Å². The van der Waals surface area contributed by atoms with E-state index in [4.69, 9.17) is 0 Å². The third-order valence-corrected chi connectivity index (χ3v) is 4.01. The summed E-state index contributed by atoms with van der Waals surface area (Å²) in [4.78, 5) is 24.8. The van der Waals surface area contributed by atoms with Crippen LogP contribution in [0.1, 0.15) is 22.8 Å². The second-order valence-corrected chi connectivity index (χ2v) is 5.89. The van der Waals surface area contributed by atoms with Gasteiger partial charge < -0.3 is 10.6 Å². The van der Waals surface area contributed by atoms with Gasteiger partial charge in [-0.05, 0) is 37.6 Å². The van der Waals surface area contributed by atoms with Crippen LogP contribution in [0.25, 0.3) is 11.0 Å². The summed E-state index contributed by atoms with van der Waals surface area (Å²) < 4.78 is 1.60. The highest BCUT2D eigenvalue weighted by Crippen LogP contribution is 2.20. The molecule has 0 bridgehead atoms. The van der Waals surface area contributed by atoms with E-state index in [1.165, 1.54) is 0 Å². The fourth-order valence-corrected chi connectivity index (χ4v) is 2.62. The molecule has 1 unspecified atom stereocenters. The third-order valence-electron chi connectivity index (χ3n) is 4.01. The number of benzene rings is 2. The molecule has 0 aliphatic heterocycles. The van der Waals surface area contributed by atoms with Crippen molar-refractivity contribution in [2.24, 2.45) is 7.05 Å². The maximum atomic E-state index is 12.5. The summed E-state index contributed by atoms with van der Waals surface area (Å²) in [6, 6.07) is 12.0. The predicted octanol–water partition coefficient (Wildman–Crippen LogP) is 2.03. The maximum absolute atomic E-state index is 12.5. The molecule has 0 saturated heterocycles. The van der Waals surface area contributed by atoms with Gasteiger partial charge in [-0.25, -0.2) is 4.68 Å². The van der Waals surface area contributed by atoms with Crippen LogP contribution in [0.3, 0.4) is 0 Å². The average molecular weight is 337 g/mol. The average Bonchev–Trinajstić information content (AvgIpc) is 2.97. The van der Waals surface area contributed by atoms with Gasteiger partial charge in [0.15, 0.2) is 0 Å². The molecule has 2 N–H and O–H groups in total. The summed E-state index contributed by atoms with van der Waals surface area (Å²) in [6.07, 6.45) is 0. The second-order valence-electron chi connectivity index (χ2n) is 5.89. The lowest BCUT2D eigenvalue weighted by Crippen LogP contribution is -2.41. The van der Waals surface area contributed by atoms with Crippen molar-refractivity contribution in [3.8, 4) is 0 Å². The van der Waals surface area contributed by atoms with Crippen LogP contribution in [0.15, 0.2) is 42.5 Å². The van der Waals surface area contributed by atoms with Crippen molar-refractivity contribution < 1.29 is 9.59 Å². The number of aromatic nitrogens is 3. The van der Waals surface area contributed by atoms with Gasteiger partial charge in [-0.3, -0.25) is 9.59 Å². The number of hydrogen-bond acceptors (Lipinski definition) is 4. The Morgan fingerprint density at radius 2 is 1.88 bits per heavy atom. The van der Waals surface area contributed by atoms with E-state index in [0.717, 1.165) is 11.1 Å². The Hall–Kier alpha value is -3.22. The van der Waals surface area contributed by atoms with Crippen molar-refractivity contribution in [2.45, 2.75) is 19.9 Å². The number of nitrogens with zero attached hydrogens (tertiary/aromatic N) is 3. The summed E-state index contributed by atoms with van der Waals surface area (Å²) >= 11 is 0. The standard InChI is InChI=1S/C18H19N5O2/c1-11-7-4-5-8-13(11)18(25)19-12(2)17(24)20-14-9-6-10-15-16(14)23(3)22-21-15/h4-10,12H,1-3H3,(H,19,25)(H,20,24). The first kappa shape index (κ1) is 16.6. The number of aryl methyl sites for hydroxylation is 2. The fraction of sp³-hybridized carbons (Fsp3) is 0.222. The van der Waals surface area contributed by atoms with Gasteiger partial charge in [-0.1, -0.05) is 29.5 Å². The molecule has 1 aromatic heterocycles. The molecule has 2 amide bonds. The van der Waals surface area contributed by atoms with Gasteiger partial charge in [0.05, 0.1) is 5.69 Å². The largest absolute Gasteiger partial charge is 0.341 e. The number of anilines is 1. The SMILES string of the molecule is Cc1ccccc1C(=O)NC(C)C(=O)Nc1cccc2nnn(C)c12. The Kier molecular flexibility index (Phi) is 4.47. The molecule has 2 aromatic carbocycles. The minimum Gasteiger partial charge on any atom is -0.341 e. The number of fused-ring (bicyclic) bond motifs is 1. The topological polar surface area (TPSA) is 88.9 Å². The molecule has 7 nitrogen and oxygen atoms in total. The fourth-order valence-electron chi connectivity index (χ4n) is 2.62. The van der Waals surface area contributed by atoms with Crippen LogP contribution < -0.4 is 10.6 Å². The van der Waals surface area contributed by atoms with Crippen LogP contribution in [-0.2, 0) is 11.8 Å². The first-order valence-electron chi connectivity index (χ1n) is 7.93. The summed E-state index contributed by atoms with van der Waals surface area (Å²) in [5.41, 5.74) is 3.44. The maximum Gasteiger partial charge on any atom is 0.252 e. The molecular formula is C18H19N5O2. The van der Waals surface area contributed by atoms with Gasteiger partial charge in [0.2, 0.25) is 5.91 Å². The van der Waals surface area contributed by atoms with Gasteiger partial charge in [-0.2, -0.15) is 0 Å². The van der Waals surface area contributed by atoms with E-state index >= 15 is 0 Å². The molecule has 0 saturated carbocycles. The lowest BCUT2D eigenvalue weighted by Gasteiger charge is -2.15. The zero-order valence-corrected chi connectivity index (χ0v) is 14.3. The van der Waals surface area contributed by atoms with E-state index in [2.05, 4.69) is 20.9 Å². The first-order valence-corrected chi connectivity index (χ1v) is 7.93. The molecular weight excluding hydrogens is 318 g/mol. The van der Waals surface area contributed by atoms with Gasteiger partial charge in [0, 0.05) is 12.6 Å². The lowest BCUT2D eigenvalue weighted by atomic mass is 10.1. The second kappa shape index (κ2) is 6.72. The van der Waals surface area contributed by atoms with Gasteiger partial charge >= 0.3 is 0 Å². The van der Waals surface area contributed by atoms with Crippen LogP contribution in [0, 0.1) is 6.92 Å². The summed E-state index contributed by atoms with van der Waals surface area (Å²) in [7, 11) is 1.76. The van der Waals surface area contributed by atoms with Crippen LogP contribution >= 0.6 is 0 Å². The minimum atomic E-state index is -0.691. The number of carbonyl (C=O) groups is 2. The van der Waals surface area contributed by atoms with Crippen LogP contribution in [0.4, 0.5) is 5.69 Å². The zero-order chi connectivity index (χ0) is 18.0. The monoisotopic (exact) mass is 337 g/mol. The number of nitrogens with one attached hydrogen (secondary N) is 2. The van der Waals surface area contributed by atoms with E-state index in [0.29, 0.717) is 16.8 Å². The Morgan fingerprint density at radius 1 is 1.12 bits per heavy atom.